The lowest BCUT2D eigenvalue weighted by Crippen LogP contribution is -2.07. The number of aromatic nitrogens is 2. The van der Waals surface area contributed by atoms with Gasteiger partial charge in [0.1, 0.15) is 5.82 Å². The highest BCUT2D eigenvalue weighted by Gasteiger charge is 2.06. The van der Waals surface area contributed by atoms with E-state index in [9.17, 15) is 0 Å². The number of hydrogen-bond donors (Lipinski definition) is 2. The average molecular weight is 270 g/mol. The Morgan fingerprint density at radius 1 is 1.10 bits per heavy atom. The van der Waals surface area contributed by atoms with Crippen molar-refractivity contribution in [3.63, 3.8) is 0 Å². The van der Waals surface area contributed by atoms with Crippen molar-refractivity contribution >= 4 is 17.5 Å². The fraction of sp³-hybridized carbons (Fsp3) is 0.375. The molecule has 0 aliphatic rings. The lowest BCUT2D eigenvalue weighted by atomic mass is 10.1. The number of anilines is 3. The van der Waals surface area contributed by atoms with E-state index >= 15 is 0 Å². The molecular formula is C16H22N4. The van der Waals surface area contributed by atoms with Crippen LogP contribution in [0.2, 0.25) is 0 Å². The van der Waals surface area contributed by atoms with Crippen LogP contribution in [0.5, 0.6) is 0 Å². The standard InChI is InChI=1S/C16H22N4/c1-5-9-17-16-18-10-12(3)15(20-16)19-14-8-6-7-11(2)13(14)4/h6-8,10H,5,9H2,1-4H3,(H2,17,18,19,20). The van der Waals surface area contributed by atoms with Crippen LogP contribution in [0.25, 0.3) is 0 Å². The molecule has 0 fully saturated rings. The molecule has 20 heavy (non-hydrogen) atoms. The number of aryl methyl sites for hydroxylation is 2. The molecule has 106 valence electrons. The second-order valence-electron chi connectivity index (χ2n) is 5.02. The normalized spacial score (nSPS) is 10.4. The van der Waals surface area contributed by atoms with Crippen molar-refractivity contribution in [2.24, 2.45) is 0 Å². The van der Waals surface area contributed by atoms with Crippen LogP contribution < -0.4 is 10.6 Å². The quantitative estimate of drug-likeness (QED) is 0.863. The van der Waals surface area contributed by atoms with Gasteiger partial charge in [0, 0.05) is 24.0 Å². The van der Waals surface area contributed by atoms with Crippen LogP contribution in [0, 0.1) is 20.8 Å². The number of rotatable bonds is 5. The minimum absolute atomic E-state index is 0.672. The number of nitrogens with one attached hydrogen (secondary N) is 2. The molecule has 0 aliphatic heterocycles. The third-order valence-corrected chi connectivity index (χ3v) is 3.36. The Labute approximate surface area is 120 Å². The van der Waals surface area contributed by atoms with Gasteiger partial charge in [-0.3, -0.25) is 0 Å². The number of nitrogens with zero attached hydrogens (tertiary/aromatic N) is 2. The van der Waals surface area contributed by atoms with Gasteiger partial charge in [-0.1, -0.05) is 19.1 Å². The highest BCUT2D eigenvalue weighted by atomic mass is 15.1. The molecule has 1 heterocycles. The van der Waals surface area contributed by atoms with Crippen molar-refractivity contribution in [3.05, 3.63) is 41.1 Å². The maximum absolute atomic E-state index is 4.54. The van der Waals surface area contributed by atoms with Crippen LogP contribution in [0.4, 0.5) is 17.5 Å². The summed E-state index contributed by atoms with van der Waals surface area (Å²) in [6.07, 6.45) is 2.90. The summed E-state index contributed by atoms with van der Waals surface area (Å²) in [5, 5.41) is 6.62. The summed E-state index contributed by atoms with van der Waals surface area (Å²) in [6.45, 7) is 9.24. The van der Waals surface area contributed by atoms with E-state index in [1.54, 1.807) is 0 Å². The van der Waals surface area contributed by atoms with Crippen LogP contribution >= 0.6 is 0 Å². The Morgan fingerprint density at radius 3 is 2.65 bits per heavy atom. The summed E-state index contributed by atoms with van der Waals surface area (Å²) in [7, 11) is 0. The number of benzene rings is 1. The molecule has 0 saturated heterocycles. The lowest BCUT2D eigenvalue weighted by Gasteiger charge is -2.13. The first-order chi connectivity index (χ1) is 9.61. The number of hydrogen-bond acceptors (Lipinski definition) is 4. The smallest absolute Gasteiger partial charge is 0.224 e. The van der Waals surface area contributed by atoms with E-state index in [4.69, 9.17) is 0 Å². The topological polar surface area (TPSA) is 49.8 Å². The first-order valence-electron chi connectivity index (χ1n) is 7.02. The Kier molecular flexibility index (Phi) is 4.56. The van der Waals surface area contributed by atoms with Gasteiger partial charge in [0.05, 0.1) is 0 Å². The van der Waals surface area contributed by atoms with E-state index < -0.39 is 0 Å². The zero-order valence-electron chi connectivity index (χ0n) is 12.6. The van der Waals surface area contributed by atoms with Gasteiger partial charge in [-0.2, -0.15) is 4.98 Å². The third kappa shape index (κ3) is 3.26. The summed E-state index contributed by atoms with van der Waals surface area (Å²) in [4.78, 5) is 8.84. The fourth-order valence-electron chi connectivity index (χ4n) is 1.90. The summed E-state index contributed by atoms with van der Waals surface area (Å²) in [5.74, 6) is 1.53. The van der Waals surface area contributed by atoms with E-state index in [1.165, 1.54) is 11.1 Å². The zero-order chi connectivity index (χ0) is 14.5. The van der Waals surface area contributed by atoms with Crippen molar-refractivity contribution in [2.45, 2.75) is 34.1 Å². The Balaban J connectivity index is 2.26. The van der Waals surface area contributed by atoms with E-state index in [-0.39, 0.29) is 0 Å². The summed E-state index contributed by atoms with van der Waals surface area (Å²) < 4.78 is 0. The fourth-order valence-corrected chi connectivity index (χ4v) is 1.90. The summed E-state index contributed by atoms with van der Waals surface area (Å²) in [6, 6.07) is 6.24. The minimum Gasteiger partial charge on any atom is -0.354 e. The van der Waals surface area contributed by atoms with E-state index in [1.807, 2.05) is 13.1 Å². The molecule has 0 bridgehead atoms. The summed E-state index contributed by atoms with van der Waals surface area (Å²) in [5.41, 5.74) is 4.64. The molecule has 0 atom stereocenters. The van der Waals surface area contributed by atoms with Crippen LogP contribution in [0.1, 0.15) is 30.0 Å². The van der Waals surface area contributed by atoms with Gasteiger partial charge in [-0.15, -0.1) is 0 Å². The second kappa shape index (κ2) is 6.37. The molecule has 2 aromatic rings. The lowest BCUT2D eigenvalue weighted by molar-refractivity contribution is 0.950. The predicted octanol–water partition coefficient (Wildman–Crippen LogP) is 3.97. The van der Waals surface area contributed by atoms with E-state index in [0.29, 0.717) is 5.95 Å². The van der Waals surface area contributed by atoms with E-state index in [2.05, 4.69) is 59.6 Å². The predicted molar refractivity (Wildman–Crippen MR) is 84.7 cm³/mol. The maximum atomic E-state index is 4.54. The molecule has 0 radical (unpaired) electrons. The average Bonchev–Trinajstić information content (AvgIpc) is 2.44. The van der Waals surface area contributed by atoms with E-state index in [0.717, 1.165) is 30.0 Å². The Bertz CT molecular complexity index is 593. The van der Waals surface area contributed by atoms with Crippen LogP contribution in [-0.4, -0.2) is 16.5 Å². The van der Waals surface area contributed by atoms with Gasteiger partial charge in [0.15, 0.2) is 0 Å². The van der Waals surface area contributed by atoms with Crippen LogP contribution in [0.15, 0.2) is 24.4 Å². The van der Waals surface area contributed by atoms with Crippen molar-refractivity contribution in [1.29, 1.82) is 0 Å². The van der Waals surface area contributed by atoms with Crippen molar-refractivity contribution in [3.8, 4) is 0 Å². The van der Waals surface area contributed by atoms with Gasteiger partial charge in [-0.05, 0) is 44.4 Å². The minimum atomic E-state index is 0.672. The largest absolute Gasteiger partial charge is 0.354 e. The highest BCUT2D eigenvalue weighted by Crippen LogP contribution is 2.23. The molecule has 0 unspecified atom stereocenters. The monoisotopic (exact) mass is 270 g/mol. The summed E-state index contributed by atoms with van der Waals surface area (Å²) >= 11 is 0. The molecule has 4 heteroatoms. The van der Waals surface area contributed by atoms with Gasteiger partial charge in [0.25, 0.3) is 0 Å². The molecule has 4 nitrogen and oxygen atoms in total. The molecular weight excluding hydrogens is 248 g/mol. The van der Waals surface area contributed by atoms with Crippen molar-refractivity contribution < 1.29 is 0 Å². The molecule has 1 aromatic heterocycles. The Morgan fingerprint density at radius 2 is 1.90 bits per heavy atom. The highest BCUT2D eigenvalue weighted by molar-refractivity contribution is 5.64. The molecule has 0 spiro atoms. The SMILES string of the molecule is CCCNc1ncc(C)c(Nc2cccc(C)c2C)n1. The third-order valence-electron chi connectivity index (χ3n) is 3.36. The van der Waals surface area contributed by atoms with Gasteiger partial charge >= 0.3 is 0 Å². The molecule has 2 rings (SSSR count). The first kappa shape index (κ1) is 14.3. The molecule has 0 saturated carbocycles. The maximum Gasteiger partial charge on any atom is 0.224 e. The molecule has 1 aromatic carbocycles. The molecule has 0 amide bonds. The van der Waals surface area contributed by atoms with Crippen molar-refractivity contribution in [2.75, 3.05) is 17.2 Å². The van der Waals surface area contributed by atoms with Gasteiger partial charge in [0.2, 0.25) is 5.95 Å². The van der Waals surface area contributed by atoms with Crippen LogP contribution in [0.3, 0.4) is 0 Å². The molecule has 2 N–H and O–H groups in total. The zero-order valence-corrected chi connectivity index (χ0v) is 12.6. The van der Waals surface area contributed by atoms with Crippen LogP contribution in [-0.2, 0) is 0 Å². The van der Waals surface area contributed by atoms with Gasteiger partial charge < -0.3 is 10.6 Å². The first-order valence-corrected chi connectivity index (χ1v) is 7.02. The van der Waals surface area contributed by atoms with Gasteiger partial charge in [-0.25, -0.2) is 4.98 Å². The van der Waals surface area contributed by atoms with Crippen molar-refractivity contribution in [1.82, 2.24) is 9.97 Å². The second-order valence-corrected chi connectivity index (χ2v) is 5.02. The molecule has 0 aliphatic carbocycles. The Hall–Kier alpha value is -2.10.